The number of nitrogens with one attached hydrogen (secondary N) is 3. The number of likely N-dealkylation sites (tertiary alicyclic amines) is 1. The third-order valence-corrected chi connectivity index (χ3v) is 9.94. The second-order valence-electron chi connectivity index (χ2n) is 18.9. The Bertz CT molecular complexity index is 1790. The van der Waals surface area contributed by atoms with Crippen molar-refractivity contribution in [3.8, 4) is 11.5 Å². The van der Waals surface area contributed by atoms with Crippen LogP contribution in [-0.4, -0.2) is 108 Å². The zero-order valence-corrected chi connectivity index (χ0v) is 35.8. The SMILES string of the molecule is CO[C@@]12CC[C@@H](N=C(NC(=O)OC(C)(C)C)NC(=O)OC(C)(C)C)[C@@H]3Oc4c(O/C(=N\C(=O)OC(C)(C)C)NC(=O)OC(C)(C)C)ccc5c4[C@@]31CCN(C)C2C5. The maximum atomic E-state index is 13.1. The molecule has 17 heteroatoms. The van der Waals surface area contributed by atoms with Crippen molar-refractivity contribution in [2.45, 2.75) is 160 Å². The molecule has 1 aromatic rings. The monoisotopic (exact) mass is 800 g/mol. The number of hydrogen-bond donors (Lipinski definition) is 3. The minimum atomic E-state index is -0.996. The number of ether oxygens (including phenoxy) is 7. The van der Waals surface area contributed by atoms with Crippen molar-refractivity contribution in [1.29, 1.82) is 0 Å². The predicted molar refractivity (Wildman–Crippen MR) is 210 cm³/mol. The van der Waals surface area contributed by atoms with Gasteiger partial charge in [-0.2, -0.15) is 0 Å². The van der Waals surface area contributed by atoms with Crippen LogP contribution in [0.3, 0.4) is 0 Å². The lowest BCUT2D eigenvalue weighted by molar-refractivity contribution is -0.201. The summed E-state index contributed by atoms with van der Waals surface area (Å²) >= 11 is 0. The number of aliphatic imine (C=N–C) groups is 2. The summed E-state index contributed by atoms with van der Waals surface area (Å²) < 4.78 is 41.8. The molecule has 1 aromatic carbocycles. The van der Waals surface area contributed by atoms with E-state index in [0.29, 0.717) is 38.0 Å². The molecule has 2 aliphatic heterocycles. The Balaban J connectivity index is 1.62. The Hall–Kier alpha value is -4.64. The van der Waals surface area contributed by atoms with E-state index in [9.17, 15) is 19.2 Å². The highest BCUT2D eigenvalue weighted by Gasteiger charge is 2.73. The van der Waals surface area contributed by atoms with Crippen molar-refractivity contribution in [3.05, 3.63) is 23.3 Å². The maximum absolute atomic E-state index is 13.1. The molecule has 1 unspecified atom stereocenters. The van der Waals surface area contributed by atoms with Crippen LogP contribution in [0.4, 0.5) is 19.2 Å². The molecule has 316 valence electrons. The molecule has 0 aromatic heterocycles. The van der Waals surface area contributed by atoms with E-state index in [1.54, 1.807) is 96.3 Å². The molecule has 2 heterocycles. The zero-order chi connectivity index (χ0) is 42.5. The Kier molecular flexibility index (Phi) is 11.6. The van der Waals surface area contributed by atoms with Crippen molar-refractivity contribution >= 4 is 36.4 Å². The number of amidine groups is 1. The highest BCUT2D eigenvalue weighted by atomic mass is 16.6. The number of carbonyl (C=O) groups excluding carboxylic acids is 4. The van der Waals surface area contributed by atoms with E-state index in [0.717, 1.165) is 11.1 Å². The number of guanidine groups is 1. The molecule has 5 rings (SSSR count). The fourth-order valence-corrected chi connectivity index (χ4v) is 8.32. The summed E-state index contributed by atoms with van der Waals surface area (Å²) in [5.41, 5.74) is -3.04. The summed E-state index contributed by atoms with van der Waals surface area (Å²) in [5, 5.41) is 7.67. The van der Waals surface area contributed by atoms with Gasteiger partial charge in [0.15, 0.2) is 11.5 Å². The van der Waals surface area contributed by atoms with Gasteiger partial charge in [-0.15, -0.1) is 4.99 Å². The lowest BCUT2D eigenvalue weighted by Crippen LogP contribution is -2.77. The summed E-state index contributed by atoms with van der Waals surface area (Å²) in [6.45, 7) is 21.2. The van der Waals surface area contributed by atoms with Crippen molar-refractivity contribution < 1.29 is 52.3 Å². The van der Waals surface area contributed by atoms with Gasteiger partial charge in [0.2, 0.25) is 5.96 Å². The first kappa shape index (κ1) is 43.5. The number of methoxy groups -OCH3 is 1. The molecule has 2 fully saturated rings. The van der Waals surface area contributed by atoms with Crippen molar-refractivity contribution in [1.82, 2.24) is 20.9 Å². The van der Waals surface area contributed by atoms with Crippen LogP contribution >= 0.6 is 0 Å². The summed E-state index contributed by atoms with van der Waals surface area (Å²) in [4.78, 5) is 63.3. The summed E-state index contributed by atoms with van der Waals surface area (Å²) in [6, 6.07) is 2.50. The summed E-state index contributed by atoms with van der Waals surface area (Å²) in [5.74, 6) is 0.364. The molecule has 1 spiro atoms. The third-order valence-electron chi connectivity index (χ3n) is 9.94. The second kappa shape index (κ2) is 15.3. The number of carbonyl (C=O) groups is 4. The first-order chi connectivity index (χ1) is 26.1. The molecule has 5 atom stereocenters. The van der Waals surface area contributed by atoms with E-state index in [1.807, 2.05) is 6.07 Å². The van der Waals surface area contributed by atoms with Gasteiger partial charge in [0.1, 0.15) is 28.5 Å². The van der Waals surface area contributed by atoms with E-state index in [1.165, 1.54) is 0 Å². The zero-order valence-electron chi connectivity index (χ0n) is 35.8. The number of hydrogen-bond acceptors (Lipinski definition) is 13. The van der Waals surface area contributed by atoms with Crippen molar-refractivity contribution in [3.63, 3.8) is 0 Å². The maximum Gasteiger partial charge on any atom is 0.438 e. The molecule has 1 saturated heterocycles. The number of rotatable bonds is 3. The number of likely N-dealkylation sites (N-methyl/N-ethyl adjacent to an activating group) is 1. The first-order valence-electron chi connectivity index (χ1n) is 19.3. The van der Waals surface area contributed by atoms with E-state index in [-0.39, 0.29) is 17.8 Å². The van der Waals surface area contributed by atoms with Crippen LogP contribution in [0.5, 0.6) is 11.5 Å². The number of benzene rings is 1. The Morgan fingerprint density at radius 2 is 1.33 bits per heavy atom. The van der Waals surface area contributed by atoms with Gasteiger partial charge in [0.05, 0.1) is 17.1 Å². The Labute approximate surface area is 334 Å². The van der Waals surface area contributed by atoms with Crippen LogP contribution in [0.2, 0.25) is 0 Å². The second-order valence-corrected chi connectivity index (χ2v) is 18.9. The average Bonchev–Trinajstić information content (AvgIpc) is 3.36. The summed E-state index contributed by atoms with van der Waals surface area (Å²) in [7, 11) is 3.81. The first-order valence-corrected chi connectivity index (χ1v) is 19.3. The van der Waals surface area contributed by atoms with E-state index in [4.69, 9.17) is 38.2 Å². The molecular formula is C40H60N6O11. The standard InChI is InChI=1S/C40H60N6O11/c1-35(2,3)54-31(47)42-29(43-32(48)55-36(4,5)6)41-23-17-18-40(51-14)25-21-22-15-16-24(27-26(22)39(40,28(23)53-27)19-20-46(25)13)52-30(44-33(49)56-37(7,8)9)45-34(50)57-38(10,11)12/h15-16,23,25,28H,17-21H2,1-14H3,(H,44,45,49,50)(H2,41,42,43,47,48)/t23-,25?,28+,39+,40-/m1/s1. The van der Waals surface area contributed by atoms with Crippen LogP contribution < -0.4 is 25.4 Å². The lowest BCUT2D eigenvalue weighted by atomic mass is 9.48. The van der Waals surface area contributed by atoms with Crippen LogP contribution in [0, 0.1) is 0 Å². The molecule has 4 aliphatic rings. The predicted octanol–water partition coefficient (Wildman–Crippen LogP) is 6.09. The van der Waals surface area contributed by atoms with Gasteiger partial charge in [-0.3, -0.25) is 10.6 Å². The van der Waals surface area contributed by atoms with Crippen LogP contribution in [0.15, 0.2) is 22.1 Å². The molecule has 2 bridgehead atoms. The van der Waals surface area contributed by atoms with Gasteiger partial charge in [0.25, 0.3) is 0 Å². The average molecular weight is 801 g/mol. The molecule has 17 nitrogen and oxygen atoms in total. The highest BCUT2D eigenvalue weighted by molar-refractivity contribution is 6.01. The molecular weight excluding hydrogens is 740 g/mol. The lowest BCUT2D eigenvalue weighted by Gasteiger charge is -2.64. The summed E-state index contributed by atoms with van der Waals surface area (Å²) in [6.07, 6.45) is -1.96. The number of piperidine rings is 1. The van der Waals surface area contributed by atoms with Crippen molar-refractivity contribution in [2.75, 3.05) is 20.7 Å². The number of nitrogens with zero attached hydrogens (tertiary/aromatic N) is 3. The van der Waals surface area contributed by atoms with Gasteiger partial charge < -0.3 is 38.1 Å². The minimum absolute atomic E-state index is 0.0186. The highest BCUT2D eigenvalue weighted by Crippen LogP contribution is 2.66. The topological polar surface area (TPSA) is 197 Å². The molecule has 4 amide bonds. The van der Waals surface area contributed by atoms with E-state index < -0.39 is 76.0 Å². The molecule has 3 N–H and O–H groups in total. The smallest absolute Gasteiger partial charge is 0.438 e. The fourth-order valence-electron chi connectivity index (χ4n) is 8.32. The number of alkyl carbamates (subject to hydrolysis) is 3. The molecule has 2 aliphatic carbocycles. The minimum Gasteiger partial charge on any atom is -0.483 e. The van der Waals surface area contributed by atoms with E-state index >= 15 is 0 Å². The van der Waals surface area contributed by atoms with Gasteiger partial charge >= 0.3 is 30.4 Å². The fraction of sp³-hybridized carbons (Fsp3) is 0.700. The van der Waals surface area contributed by atoms with Gasteiger partial charge in [-0.25, -0.2) is 29.5 Å². The molecule has 57 heavy (non-hydrogen) atoms. The van der Waals surface area contributed by atoms with Gasteiger partial charge in [-0.05, 0) is 134 Å². The molecule has 0 radical (unpaired) electrons. The largest absolute Gasteiger partial charge is 0.483 e. The van der Waals surface area contributed by atoms with Crippen LogP contribution in [-0.2, 0) is 35.5 Å². The van der Waals surface area contributed by atoms with Gasteiger partial charge in [-0.1, -0.05) is 6.07 Å². The Morgan fingerprint density at radius 1 is 0.789 bits per heavy atom. The van der Waals surface area contributed by atoms with Gasteiger partial charge in [0, 0.05) is 18.7 Å². The third kappa shape index (κ3) is 9.57. The van der Waals surface area contributed by atoms with E-state index in [2.05, 4.69) is 32.9 Å². The van der Waals surface area contributed by atoms with Crippen LogP contribution in [0.1, 0.15) is 113 Å². The van der Waals surface area contributed by atoms with Crippen LogP contribution in [0.25, 0.3) is 0 Å². The molecule has 1 saturated carbocycles. The number of amides is 4. The Morgan fingerprint density at radius 3 is 1.86 bits per heavy atom. The normalized spacial score (nSPS) is 25.5. The quantitative estimate of drug-likeness (QED) is 0.181. The van der Waals surface area contributed by atoms with Crippen molar-refractivity contribution in [2.24, 2.45) is 9.98 Å².